The molecule has 0 aliphatic carbocycles. The third-order valence-electron chi connectivity index (χ3n) is 2.82. The summed E-state index contributed by atoms with van der Waals surface area (Å²) >= 11 is 1.55. The van der Waals surface area contributed by atoms with Crippen molar-refractivity contribution in [2.24, 2.45) is 10.7 Å². The number of rotatable bonds is 4. The molecule has 2 rings (SSSR count). The molecule has 1 heterocycles. The highest BCUT2D eigenvalue weighted by Crippen LogP contribution is 2.24. The van der Waals surface area contributed by atoms with Gasteiger partial charge in [0.2, 0.25) is 0 Å². The van der Waals surface area contributed by atoms with Crippen LogP contribution in [-0.4, -0.2) is 17.3 Å². The fourth-order valence-electron chi connectivity index (χ4n) is 1.69. The molecule has 5 nitrogen and oxygen atoms in total. The van der Waals surface area contributed by atoms with Crippen LogP contribution in [0.1, 0.15) is 15.6 Å². The molecule has 0 saturated heterocycles. The first-order chi connectivity index (χ1) is 10.7. The average molecular weight is 472 g/mol. The number of alkyl halides is 3. The lowest BCUT2D eigenvalue weighted by Crippen LogP contribution is -2.22. The summed E-state index contributed by atoms with van der Waals surface area (Å²) in [5.74, 6) is -0.146. The summed E-state index contributed by atoms with van der Waals surface area (Å²) in [6.07, 6.45) is -4.71. The summed E-state index contributed by atoms with van der Waals surface area (Å²) < 4.78 is 40.0. The second-order valence-electron chi connectivity index (χ2n) is 4.65. The average Bonchev–Trinajstić information content (AvgIpc) is 2.76. The van der Waals surface area contributed by atoms with Crippen molar-refractivity contribution in [2.75, 3.05) is 5.32 Å². The fourth-order valence-corrected chi connectivity index (χ4v) is 2.55. The molecule has 0 spiro atoms. The number of hydrogen-bond donors (Lipinski definition) is 2. The van der Waals surface area contributed by atoms with E-state index in [1.807, 2.05) is 13.8 Å². The Labute approximate surface area is 158 Å². The molecule has 0 aliphatic rings. The molecule has 1 aromatic heterocycles. The van der Waals surface area contributed by atoms with Crippen molar-refractivity contribution in [1.29, 1.82) is 0 Å². The summed E-state index contributed by atoms with van der Waals surface area (Å²) in [7, 11) is 0. The Morgan fingerprint density at radius 3 is 2.42 bits per heavy atom. The number of ether oxygens (including phenoxy) is 1. The van der Waals surface area contributed by atoms with Crippen LogP contribution in [0.4, 0.5) is 18.9 Å². The molecule has 24 heavy (non-hydrogen) atoms. The fraction of sp³-hybridized carbons (Fsp3) is 0.286. The predicted octanol–water partition coefficient (Wildman–Crippen LogP) is 4.20. The highest BCUT2D eigenvalue weighted by Gasteiger charge is 2.30. The largest absolute Gasteiger partial charge is 0.573 e. The number of benzene rings is 1. The van der Waals surface area contributed by atoms with Crippen molar-refractivity contribution < 1.29 is 17.9 Å². The van der Waals surface area contributed by atoms with Crippen LogP contribution in [0.2, 0.25) is 0 Å². The number of nitrogens with zero attached hydrogens (tertiary/aromatic N) is 2. The molecule has 0 amide bonds. The van der Waals surface area contributed by atoms with Gasteiger partial charge in [0.1, 0.15) is 10.8 Å². The molecule has 0 atom stereocenters. The van der Waals surface area contributed by atoms with Crippen molar-refractivity contribution >= 4 is 47.0 Å². The number of thiazole rings is 1. The SMILES string of the molecule is Cc1nc(CN=C(N)Nc2ccc(OC(F)(F)F)cc2)sc1C.I. The normalized spacial score (nSPS) is 11.8. The third kappa shape index (κ3) is 6.51. The van der Waals surface area contributed by atoms with E-state index in [0.717, 1.165) is 15.6 Å². The van der Waals surface area contributed by atoms with Gasteiger partial charge in [0, 0.05) is 10.6 Å². The van der Waals surface area contributed by atoms with Crippen LogP contribution < -0.4 is 15.8 Å². The molecule has 132 valence electrons. The number of guanidine groups is 1. The zero-order valence-corrected chi connectivity index (χ0v) is 16.0. The first-order valence-corrected chi connectivity index (χ1v) is 7.40. The summed E-state index contributed by atoms with van der Waals surface area (Å²) in [6, 6.07) is 5.22. The first kappa shape index (κ1) is 20.5. The van der Waals surface area contributed by atoms with Crippen LogP contribution in [0.3, 0.4) is 0 Å². The maximum atomic E-state index is 12.1. The van der Waals surface area contributed by atoms with Gasteiger partial charge in [-0.2, -0.15) is 0 Å². The summed E-state index contributed by atoms with van der Waals surface area (Å²) in [5.41, 5.74) is 7.21. The molecule has 1 aromatic carbocycles. The molecule has 3 N–H and O–H groups in total. The lowest BCUT2D eigenvalue weighted by Gasteiger charge is -2.10. The zero-order valence-electron chi connectivity index (χ0n) is 12.8. The Morgan fingerprint density at radius 2 is 1.92 bits per heavy atom. The molecule has 0 fully saturated rings. The summed E-state index contributed by atoms with van der Waals surface area (Å²) in [4.78, 5) is 9.61. The van der Waals surface area contributed by atoms with Crippen LogP contribution in [0.15, 0.2) is 29.3 Å². The molecule has 0 radical (unpaired) electrons. The van der Waals surface area contributed by atoms with Crippen molar-refractivity contribution in [2.45, 2.75) is 26.8 Å². The monoisotopic (exact) mass is 472 g/mol. The van der Waals surface area contributed by atoms with E-state index in [4.69, 9.17) is 5.73 Å². The Morgan fingerprint density at radius 1 is 1.29 bits per heavy atom. The number of halogens is 4. The Balaban J connectivity index is 0.00000288. The second-order valence-corrected chi connectivity index (χ2v) is 5.94. The van der Waals surface area contributed by atoms with Crippen molar-refractivity contribution in [3.63, 3.8) is 0 Å². The number of aryl methyl sites for hydroxylation is 2. The van der Waals surface area contributed by atoms with E-state index in [1.165, 1.54) is 24.3 Å². The molecular formula is C14H16F3IN4OS. The van der Waals surface area contributed by atoms with Crippen LogP contribution in [-0.2, 0) is 6.54 Å². The molecular weight excluding hydrogens is 456 g/mol. The van der Waals surface area contributed by atoms with Crippen LogP contribution in [0.25, 0.3) is 0 Å². The number of aromatic nitrogens is 1. The number of hydrogen-bond acceptors (Lipinski definition) is 4. The summed E-state index contributed by atoms with van der Waals surface area (Å²) in [5, 5.41) is 3.64. The Bertz CT molecular complexity index is 682. The highest BCUT2D eigenvalue weighted by molar-refractivity contribution is 14.0. The number of nitrogens with two attached hydrogens (primary N) is 1. The smallest absolute Gasteiger partial charge is 0.406 e. The van der Waals surface area contributed by atoms with Gasteiger partial charge in [-0.25, -0.2) is 9.98 Å². The quantitative estimate of drug-likeness (QED) is 0.398. The van der Waals surface area contributed by atoms with E-state index < -0.39 is 6.36 Å². The van der Waals surface area contributed by atoms with Gasteiger partial charge in [-0.3, -0.25) is 0 Å². The van der Waals surface area contributed by atoms with Gasteiger partial charge in [-0.1, -0.05) is 0 Å². The van der Waals surface area contributed by atoms with Crippen molar-refractivity contribution in [3.8, 4) is 5.75 Å². The molecule has 0 saturated carbocycles. The summed E-state index contributed by atoms with van der Waals surface area (Å²) in [6.45, 7) is 4.24. The third-order valence-corrected chi connectivity index (χ3v) is 3.88. The highest BCUT2D eigenvalue weighted by atomic mass is 127. The van der Waals surface area contributed by atoms with E-state index in [2.05, 4.69) is 20.0 Å². The maximum Gasteiger partial charge on any atom is 0.573 e. The van der Waals surface area contributed by atoms with Gasteiger partial charge in [-0.05, 0) is 38.1 Å². The van der Waals surface area contributed by atoms with Gasteiger partial charge in [0.15, 0.2) is 5.96 Å². The number of anilines is 1. The first-order valence-electron chi connectivity index (χ1n) is 6.58. The predicted molar refractivity (Wildman–Crippen MR) is 99.1 cm³/mol. The standard InChI is InChI=1S/C14H15F3N4OS.HI/c1-8-9(2)23-12(20-8)7-19-13(18)21-10-3-5-11(6-4-10)22-14(15,16)17;/h3-6H,7H2,1-2H3,(H3,18,19,21);1H. The molecule has 2 aromatic rings. The molecule has 10 heteroatoms. The van der Waals surface area contributed by atoms with E-state index in [9.17, 15) is 13.2 Å². The lowest BCUT2D eigenvalue weighted by atomic mass is 10.3. The van der Waals surface area contributed by atoms with E-state index in [-0.39, 0.29) is 35.7 Å². The Kier molecular flexibility index (Phi) is 7.27. The van der Waals surface area contributed by atoms with E-state index >= 15 is 0 Å². The zero-order chi connectivity index (χ0) is 17.0. The minimum atomic E-state index is -4.71. The van der Waals surface area contributed by atoms with E-state index in [0.29, 0.717) is 12.2 Å². The van der Waals surface area contributed by atoms with Crippen molar-refractivity contribution in [1.82, 2.24) is 4.98 Å². The molecule has 0 unspecified atom stereocenters. The minimum absolute atomic E-state index is 0. The minimum Gasteiger partial charge on any atom is -0.406 e. The lowest BCUT2D eigenvalue weighted by molar-refractivity contribution is -0.274. The number of aliphatic imine (C=N–C) groups is 1. The van der Waals surface area contributed by atoms with Crippen LogP contribution >= 0.6 is 35.3 Å². The maximum absolute atomic E-state index is 12.1. The van der Waals surface area contributed by atoms with Crippen LogP contribution in [0.5, 0.6) is 5.75 Å². The van der Waals surface area contributed by atoms with Crippen LogP contribution in [0, 0.1) is 13.8 Å². The Hall–Kier alpha value is -1.56. The second kappa shape index (κ2) is 8.51. The molecule has 0 aliphatic heterocycles. The number of nitrogens with one attached hydrogen (secondary N) is 1. The van der Waals surface area contributed by atoms with Gasteiger partial charge in [-0.15, -0.1) is 48.5 Å². The van der Waals surface area contributed by atoms with Gasteiger partial charge >= 0.3 is 6.36 Å². The van der Waals surface area contributed by atoms with Gasteiger partial charge < -0.3 is 15.8 Å². The molecule has 0 bridgehead atoms. The van der Waals surface area contributed by atoms with Gasteiger partial charge in [0.25, 0.3) is 0 Å². The van der Waals surface area contributed by atoms with E-state index in [1.54, 1.807) is 11.3 Å². The topological polar surface area (TPSA) is 72.5 Å². The van der Waals surface area contributed by atoms with Gasteiger partial charge in [0.05, 0.1) is 12.2 Å². The van der Waals surface area contributed by atoms with Crippen molar-refractivity contribution in [3.05, 3.63) is 39.8 Å².